The number of rotatable bonds is 6. The van der Waals surface area contributed by atoms with E-state index in [0.29, 0.717) is 19.5 Å². The van der Waals surface area contributed by atoms with Gasteiger partial charge in [-0.1, -0.05) is 12.1 Å². The number of likely N-dealkylation sites (tertiary alicyclic amines) is 1. The minimum atomic E-state index is -0.0172. The number of nitrogens with one attached hydrogen (secondary N) is 1. The first-order valence-corrected chi connectivity index (χ1v) is 7.87. The number of hydrogen-bond donors (Lipinski definition) is 1. The summed E-state index contributed by atoms with van der Waals surface area (Å²) in [6.07, 6.45) is 3.24. The first-order valence-electron chi connectivity index (χ1n) is 7.87. The maximum atomic E-state index is 12.0. The van der Waals surface area contributed by atoms with Gasteiger partial charge >= 0.3 is 0 Å². The molecular weight excluding hydrogens is 280 g/mol. The molecule has 0 unspecified atom stereocenters. The molecule has 1 N–H and O–H groups in total. The topological polar surface area (TPSA) is 58.6 Å². The molecule has 1 heterocycles. The van der Waals surface area contributed by atoms with E-state index in [1.54, 1.807) is 7.11 Å². The zero-order valence-electron chi connectivity index (χ0n) is 12.9. The molecule has 0 radical (unpaired) electrons. The Morgan fingerprint density at radius 1 is 1.32 bits per heavy atom. The molecular formula is C17H22N2O3. The second-order valence-electron chi connectivity index (χ2n) is 6.12. The van der Waals surface area contributed by atoms with Gasteiger partial charge in [0, 0.05) is 25.4 Å². The summed E-state index contributed by atoms with van der Waals surface area (Å²) < 4.78 is 5.13. The van der Waals surface area contributed by atoms with Gasteiger partial charge in [-0.05, 0) is 37.0 Å². The monoisotopic (exact) mass is 302 g/mol. The van der Waals surface area contributed by atoms with E-state index in [2.05, 4.69) is 5.32 Å². The molecule has 0 bridgehead atoms. The molecule has 1 aliphatic carbocycles. The summed E-state index contributed by atoms with van der Waals surface area (Å²) >= 11 is 0. The lowest BCUT2D eigenvalue weighted by molar-refractivity contribution is -0.127. The molecule has 5 heteroatoms. The molecule has 0 aromatic heterocycles. The Morgan fingerprint density at radius 2 is 2.05 bits per heavy atom. The minimum absolute atomic E-state index is 0.0172. The Balaban J connectivity index is 1.47. The van der Waals surface area contributed by atoms with Crippen molar-refractivity contribution in [3.8, 4) is 5.75 Å². The standard InChI is InChI=1S/C17H22N2O3/c1-22-15-6-2-12(3-7-15)8-9-19-11-14(10-16(19)20)18-17(21)13-4-5-13/h2-3,6-7,13-14H,4-5,8-11H2,1H3,(H,18,21)/t14-/m0/s1. The molecule has 2 aliphatic rings. The van der Waals surface area contributed by atoms with Gasteiger partial charge in [0.1, 0.15) is 5.75 Å². The number of methoxy groups -OCH3 is 1. The Bertz CT molecular complexity index is 552. The van der Waals surface area contributed by atoms with Crippen LogP contribution in [-0.2, 0) is 16.0 Å². The Kier molecular flexibility index (Phi) is 4.32. The Labute approximate surface area is 130 Å². The van der Waals surface area contributed by atoms with Crippen LogP contribution in [0.2, 0.25) is 0 Å². The summed E-state index contributed by atoms with van der Waals surface area (Å²) in [6.45, 7) is 1.33. The van der Waals surface area contributed by atoms with Gasteiger partial charge in [0.25, 0.3) is 0 Å². The van der Waals surface area contributed by atoms with E-state index in [0.717, 1.165) is 25.0 Å². The van der Waals surface area contributed by atoms with Crippen LogP contribution in [-0.4, -0.2) is 43.0 Å². The van der Waals surface area contributed by atoms with Crippen LogP contribution in [0.1, 0.15) is 24.8 Å². The van der Waals surface area contributed by atoms with Crippen LogP contribution in [0.3, 0.4) is 0 Å². The maximum absolute atomic E-state index is 12.0. The summed E-state index contributed by atoms with van der Waals surface area (Å²) in [5.41, 5.74) is 1.18. The molecule has 22 heavy (non-hydrogen) atoms. The summed E-state index contributed by atoms with van der Waals surface area (Å²) in [6, 6.07) is 7.88. The third-order valence-electron chi connectivity index (χ3n) is 4.34. The van der Waals surface area contributed by atoms with Crippen molar-refractivity contribution in [1.29, 1.82) is 0 Å². The smallest absolute Gasteiger partial charge is 0.224 e. The molecule has 2 fully saturated rings. The lowest BCUT2D eigenvalue weighted by atomic mass is 10.1. The van der Waals surface area contributed by atoms with Gasteiger partial charge in [-0.25, -0.2) is 0 Å². The fraction of sp³-hybridized carbons (Fsp3) is 0.529. The van der Waals surface area contributed by atoms with Crippen molar-refractivity contribution in [3.05, 3.63) is 29.8 Å². The number of carbonyl (C=O) groups excluding carboxylic acids is 2. The van der Waals surface area contributed by atoms with Gasteiger partial charge in [-0.15, -0.1) is 0 Å². The highest BCUT2D eigenvalue weighted by atomic mass is 16.5. The molecule has 3 rings (SSSR count). The average Bonchev–Trinajstić information content (AvgIpc) is 3.31. The molecule has 1 saturated heterocycles. The maximum Gasteiger partial charge on any atom is 0.224 e. The van der Waals surface area contributed by atoms with E-state index >= 15 is 0 Å². The third-order valence-corrected chi connectivity index (χ3v) is 4.34. The SMILES string of the molecule is COc1ccc(CCN2C[C@@H](NC(=O)C3CC3)CC2=O)cc1. The average molecular weight is 302 g/mol. The number of amides is 2. The molecule has 118 valence electrons. The third kappa shape index (κ3) is 3.59. The number of ether oxygens (including phenoxy) is 1. The van der Waals surface area contributed by atoms with Gasteiger partial charge in [0.05, 0.1) is 13.2 Å². The van der Waals surface area contributed by atoms with E-state index in [1.807, 2.05) is 29.2 Å². The van der Waals surface area contributed by atoms with Crippen LogP contribution < -0.4 is 10.1 Å². The molecule has 0 spiro atoms. The highest BCUT2D eigenvalue weighted by molar-refractivity contribution is 5.84. The summed E-state index contributed by atoms with van der Waals surface area (Å²) in [5.74, 6) is 1.29. The summed E-state index contributed by atoms with van der Waals surface area (Å²) in [7, 11) is 1.65. The van der Waals surface area contributed by atoms with Crippen molar-refractivity contribution in [3.63, 3.8) is 0 Å². The van der Waals surface area contributed by atoms with Crippen molar-refractivity contribution in [2.75, 3.05) is 20.2 Å². The fourth-order valence-electron chi connectivity index (χ4n) is 2.81. The summed E-state index contributed by atoms with van der Waals surface area (Å²) in [4.78, 5) is 25.6. The van der Waals surface area contributed by atoms with Crippen LogP contribution in [0.4, 0.5) is 0 Å². The van der Waals surface area contributed by atoms with E-state index < -0.39 is 0 Å². The largest absolute Gasteiger partial charge is 0.497 e. The van der Waals surface area contributed by atoms with Crippen LogP contribution in [0.25, 0.3) is 0 Å². The quantitative estimate of drug-likeness (QED) is 0.863. The van der Waals surface area contributed by atoms with Crippen LogP contribution >= 0.6 is 0 Å². The van der Waals surface area contributed by atoms with Crippen LogP contribution in [0.5, 0.6) is 5.75 Å². The first-order chi connectivity index (χ1) is 10.7. The van der Waals surface area contributed by atoms with E-state index in [-0.39, 0.29) is 23.8 Å². The molecule has 1 atom stereocenters. The lowest BCUT2D eigenvalue weighted by Crippen LogP contribution is -2.38. The molecule has 1 aromatic carbocycles. The zero-order chi connectivity index (χ0) is 15.5. The van der Waals surface area contributed by atoms with Crippen LogP contribution in [0, 0.1) is 5.92 Å². The van der Waals surface area contributed by atoms with Crippen LogP contribution in [0.15, 0.2) is 24.3 Å². The number of benzene rings is 1. The predicted octanol–water partition coefficient (Wildman–Crippen LogP) is 1.36. The zero-order valence-corrected chi connectivity index (χ0v) is 12.9. The van der Waals surface area contributed by atoms with Crippen molar-refractivity contribution in [2.45, 2.75) is 31.7 Å². The summed E-state index contributed by atoms with van der Waals surface area (Å²) in [5, 5.41) is 3.00. The van der Waals surface area contributed by atoms with Crippen molar-refractivity contribution >= 4 is 11.8 Å². The highest BCUT2D eigenvalue weighted by Crippen LogP contribution is 2.29. The van der Waals surface area contributed by atoms with Crippen molar-refractivity contribution in [1.82, 2.24) is 10.2 Å². The second-order valence-corrected chi connectivity index (χ2v) is 6.12. The Morgan fingerprint density at radius 3 is 2.68 bits per heavy atom. The number of hydrogen-bond acceptors (Lipinski definition) is 3. The van der Waals surface area contributed by atoms with Gasteiger partial charge < -0.3 is 15.0 Å². The minimum Gasteiger partial charge on any atom is -0.497 e. The van der Waals surface area contributed by atoms with E-state index in [1.165, 1.54) is 5.56 Å². The van der Waals surface area contributed by atoms with E-state index in [4.69, 9.17) is 4.74 Å². The second kappa shape index (κ2) is 6.38. The molecule has 1 aromatic rings. The van der Waals surface area contributed by atoms with Crippen molar-refractivity contribution < 1.29 is 14.3 Å². The van der Waals surface area contributed by atoms with Crippen molar-refractivity contribution in [2.24, 2.45) is 5.92 Å². The lowest BCUT2D eigenvalue weighted by Gasteiger charge is -2.17. The van der Waals surface area contributed by atoms with Gasteiger partial charge in [0.15, 0.2) is 0 Å². The number of nitrogens with zero attached hydrogens (tertiary/aromatic N) is 1. The molecule has 1 saturated carbocycles. The highest BCUT2D eigenvalue weighted by Gasteiger charge is 2.35. The fourth-order valence-corrected chi connectivity index (χ4v) is 2.81. The Hall–Kier alpha value is -2.04. The molecule has 1 aliphatic heterocycles. The predicted molar refractivity (Wildman–Crippen MR) is 82.5 cm³/mol. The first kappa shape index (κ1) is 14.9. The molecule has 2 amide bonds. The van der Waals surface area contributed by atoms with Gasteiger partial charge in [-0.3, -0.25) is 9.59 Å². The molecule has 5 nitrogen and oxygen atoms in total. The van der Waals surface area contributed by atoms with Gasteiger partial charge in [0.2, 0.25) is 11.8 Å². The van der Waals surface area contributed by atoms with Gasteiger partial charge in [-0.2, -0.15) is 0 Å². The van der Waals surface area contributed by atoms with E-state index in [9.17, 15) is 9.59 Å². The number of carbonyl (C=O) groups is 2. The normalized spacial score (nSPS) is 21.0.